The number of benzene rings is 2. The molecule has 7 nitrogen and oxygen atoms in total. The maximum atomic E-state index is 12.4. The van der Waals surface area contributed by atoms with Crippen molar-refractivity contribution >= 4 is 46.0 Å². The Hall–Kier alpha value is -3.00. The molecular formula is C18H18N4O3S. The summed E-state index contributed by atoms with van der Waals surface area (Å²) in [5, 5.41) is 5.23. The van der Waals surface area contributed by atoms with E-state index in [0.29, 0.717) is 22.4 Å². The molecule has 8 heteroatoms. The van der Waals surface area contributed by atoms with Gasteiger partial charge < -0.3 is 20.6 Å². The molecule has 0 fully saturated rings. The Labute approximate surface area is 153 Å². The zero-order valence-electron chi connectivity index (χ0n) is 14.3. The number of thioether (sulfide) groups is 1. The number of aromatic amines is 2. The van der Waals surface area contributed by atoms with E-state index in [0.717, 1.165) is 4.90 Å². The number of imidazole rings is 1. The standard InChI is InChI=1S/C18H18N4O3S/c1-10(26-14-6-3-12(4-7-14)19-11(2)23)17(24)20-13-5-8-15-16(9-13)22-18(25)21-15/h3-10H,1-2H3,(H,19,23)(H,20,24)(H2,21,22,25)/t10-/m0/s1. The molecule has 0 saturated heterocycles. The van der Waals surface area contributed by atoms with Crippen molar-refractivity contribution in [2.75, 3.05) is 10.6 Å². The van der Waals surface area contributed by atoms with Crippen LogP contribution in [-0.2, 0) is 9.59 Å². The van der Waals surface area contributed by atoms with Gasteiger partial charge in [0.05, 0.1) is 16.3 Å². The second-order valence-electron chi connectivity index (χ2n) is 5.79. The van der Waals surface area contributed by atoms with Crippen molar-refractivity contribution in [3.8, 4) is 0 Å². The van der Waals surface area contributed by atoms with E-state index in [1.54, 1.807) is 30.3 Å². The first kappa shape index (κ1) is 17.8. The fourth-order valence-corrected chi connectivity index (χ4v) is 3.30. The molecule has 1 aromatic heterocycles. The van der Waals surface area contributed by atoms with Gasteiger partial charge in [0.2, 0.25) is 11.8 Å². The fourth-order valence-electron chi connectivity index (χ4n) is 2.43. The van der Waals surface area contributed by atoms with Crippen molar-refractivity contribution in [2.24, 2.45) is 0 Å². The van der Waals surface area contributed by atoms with Crippen molar-refractivity contribution in [2.45, 2.75) is 24.0 Å². The van der Waals surface area contributed by atoms with Crippen LogP contribution < -0.4 is 16.3 Å². The van der Waals surface area contributed by atoms with Crippen LogP contribution in [0.15, 0.2) is 52.2 Å². The molecule has 2 aromatic carbocycles. The first-order valence-corrected chi connectivity index (χ1v) is 8.86. The molecule has 0 aliphatic carbocycles. The lowest BCUT2D eigenvalue weighted by Crippen LogP contribution is -2.22. The van der Waals surface area contributed by atoms with Gasteiger partial charge in [-0.1, -0.05) is 0 Å². The molecule has 0 spiro atoms. The van der Waals surface area contributed by atoms with Crippen LogP contribution in [0.25, 0.3) is 11.0 Å². The smallest absolute Gasteiger partial charge is 0.323 e. The second kappa shape index (κ2) is 7.49. The second-order valence-corrected chi connectivity index (χ2v) is 7.21. The normalized spacial score (nSPS) is 11.9. The summed E-state index contributed by atoms with van der Waals surface area (Å²) >= 11 is 1.42. The minimum atomic E-state index is -0.317. The number of carbonyl (C=O) groups is 2. The number of H-pyrrole nitrogens is 2. The summed E-state index contributed by atoms with van der Waals surface area (Å²) in [6.07, 6.45) is 0. The monoisotopic (exact) mass is 370 g/mol. The van der Waals surface area contributed by atoms with E-state index in [1.807, 2.05) is 19.1 Å². The summed E-state index contributed by atoms with van der Waals surface area (Å²) < 4.78 is 0. The predicted octanol–water partition coefficient (Wildman–Crippen LogP) is 2.93. The fraction of sp³-hybridized carbons (Fsp3) is 0.167. The minimum absolute atomic E-state index is 0.126. The minimum Gasteiger partial charge on any atom is -0.326 e. The van der Waals surface area contributed by atoms with E-state index in [4.69, 9.17) is 0 Å². The van der Waals surface area contributed by atoms with Crippen LogP contribution >= 0.6 is 11.8 Å². The highest BCUT2D eigenvalue weighted by atomic mass is 32.2. The first-order chi connectivity index (χ1) is 12.4. The Kier molecular flexibility index (Phi) is 5.13. The number of fused-ring (bicyclic) bond motifs is 1. The highest BCUT2D eigenvalue weighted by molar-refractivity contribution is 8.00. The number of aromatic nitrogens is 2. The number of amides is 2. The lowest BCUT2D eigenvalue weighted by Gasteiger charge is -2.12. The highest BCUT2D eigenvalue weighted by Crippen LogP contribution is 2.26. The van der Waals surface area contributed by atoms with Gasteiger partial charge >= 0.3 is 5.69 Å². The van der Waals surface area contributed by atoms with Crippen LogP contribution in [-0.4, -0.2) is 27.0 Å². The summed E-state index contributed by atoms with van der Waals surface area (Å²) in [5.74, 6) is -0.267. The molecule has 0 saturated carbocycles. The topological polar surface area (TPSA) is 107 Å². The third-order valence-corrected chi connectivity index (χ3v) is 4.75. The number of carbonyl (C=O) groups excluding carboxylic acids is 2. The van der Waals surface area contributed by atoms with Gasteiger partial charge in [0.15, 0.2) is 0 Å². The molecule has 3 rings (SSSR count). The van der Waals surface area contributed by atoms with Crippen LogP contribution in [0, 0.1) is 0 Å². The Balaban J connectivity index is 1.63. The first-order valence-electron chi connectivity index (χ1n) is 7.98. The summed E-state index contributed by atoms with van der Waals surface area (Å²) in [4.78, 5) is 41.0. The Bertz CT molecular complexity index is 1010. The summed E-state index contributed by atoms with van der Waals surface area (Å²) in [6, 6.07) is 12.5. The van der Waals surface area contributed by atoms with E-state index in [2.05, 4.69) is 20.6 Å². The van der Waals surface area contributed by atoms with Gasteiger partial charge in [-0.15, -0.1) is 11.8 Å². The average molecular weight is 370 g/mol. The summed E-state index contributed by atoms with van der Waals surface area (Å²) in [7, 11) is 0. The van der Waals surface area contributed by atoms with Gasteiger partial charge in [-0.3, -0.25) is 9.59 Å². The van der Waals surface area contributed by atoms with Crippen LogP contribution in [0.5, 0.6) is 0 Å². The number of hydrogen-bond acceptors (Lipinski definition) is 4. The van der Waals surface area contributed by atoms with Crippen molar-refractivity contribution in [1.82, 2.24) is 9.97 Å². The van der Waals surface area contributed by atoms with E-state index in [9.17, 15) is 14.4 Å². The third-order valence-electron chi connectivity index (χ3n) is 3.64. The molecular weight excluding hydrogens is 352 g/mol. The van der Waals surface area contributed by atoms with Crippen LogP contribution in [0.2, 0.25) is 0 Å². The number of anilines is 2. The highest BCUT2D eigenvalue weighted by Gasteiger charge is 2.15. The molecule has 0 aliphatic rings. The van der Waals surface area contributed by atoms with Crippen molar-refractivity contribution in [1.29, 1.82) is 0 Å². The van der Waals surface area contributed by atoms with Gasteiger partial charge in [0.1, 0.15) is 0 Å². The molecule has 0 unspecified atom stereocenters. The van der Waals surface area contributed by atoms with E-state index in [1.165, 1.54) is 18.7 Å². The average Bonchev–Trinajstić information content (AvgIpc) is 2.95. The van der Waals surface area contributed by atoms with E-state index in [-0.39, 0.29) is 22.8 Å². The summed E-state index contributed by atoms with van der Waals surface area (Å²) in [5.41, 5.74) is 2.38. The molecule has 134 valence electrons. The maximum Gasteiger partial charge on any atom is 0.323 e. The van der Waals surface area contributed by atoms with Crippen LogP contribution in [0.3, 0.4) is 0 Å². The van der Waals surface area contributed by atoms with Crippen LogP contribution in [0.4, 0.5) is 11.4 Å². The molecule has 4 N–H and O–H groups in total. The molecule has 26 heavy (non-hydrogen) atoms. The zero-order chi connectivity index (χ0) is 18.7. The summed E-state index contributed by atoms with van der Waals surface area (Å²) in [6.45, 7) is 3.27. The molecule has 1 heterocycles. The Morgan fingerprint density at radius 1 is 0.962 bits per heavy atom. The van der Waals surface area contributed by atoms with E-state index >= 15 is 0 Å². The van der Waals surface area contributed by atoms with Crippen molar-refractivity contribution < 1.29 is 9.59 Å². The molecule has 2 amide bonds. The number of nitrogens with one attached hydrogen (secondary N) is 4. The van der Waals surface area contributed by atoms with Crippen LogP contribution in [0.1, 0.15) is 13.8 Å². The van der Waals surface area contributed by atoms with Gasteiger partial charge in [0, 0.05) is 23.2 Å². The lowest BCUT2D eigenvalue weighted by atomic mass is 10.2. The largest absolute Gasteiger partial charge is 0.326 e. The number of rotatable bonds is 5. The molecule has 0 radical (unpaired) electrons. The molecule has 0 bridgehead atoms. The van der Waals surface area contributed by atoms with Crippen molar-refractivity contribution in [3.63, 3.8) is 0 Å². The van der Waals surface area contributed by atoms with Gasteiger partial charge in [-0.25, -0.2) is 4.79 Å². The molecule has 0 aliphatic heterocycles. The lowest BCUT2D eigenvalue weighted by molar-refractivity contribution is -0.115. The van der Waals surface area contributed by atoms with Gasteiger partial charge in [-0.2, -0.15) is 0 Å². The van der Waals surface area contributed by atoms with Gasteiger partial charge in [0.25, 0.3) is 0 Å². The molecule has 3 aromatic rings. The SMILES string of the molecule is CC(=O)Nc1ccc(S[C@@H](C)C(=O)Nc2ccc3[nH]c(=O)[nH]c3c2)cc1. The zero-order valence-corrected chi connectivity index (χ0v) is 15.1. The molecule has 1 atom stereocenters. The van der Waals surface area contributed by atoms with Crippen molar-refractivity contribution in [3.05, 3.63) is 52.9 Å². The maximum absolute atomic E-state index is 12.4. The van der Waals surface area contributed by atoms with Gasteiger partial charge in [-0.05, 0) is 49.4 Å². The number of hydrogen-bond donors (Lipinski definition) is 4. The quantitative estimate of drug-likeness (QED) is 0.518. The van der Waals surface area contributed by atoms with E-state index < -0.39 is 0 Å². The third kappa shape index (κ3) is 4.34. The Morgan fingerprint density at radius 3 is 2.31 bits per heavy atom. The Morgan fingerprint density at radius 2 is 1.62 bits per heavy atom. The predicted molar refractivity (Wildman–Crippen MR) is 104 cm³/mol.